The number of cyclic esters (lactones) is 1. The Morgan fingerprint density at radius 3 is 2.46 bits per heavy atom. The molecule has 9 nitrogen and oxygen atoms in total. The van der Waals surface area contributed by atoms with Crippen LogP contribution in [0.4, 0.5) is 4.79 Å². The third-order valence-corrected chi connectivity index (χ3v) is 8.57. The molecule has 9 heteroatoms. The first kappa shape index (κ1) is 30.6. The molecule has 2 N–H and O–H groups in total. The number of fused-ring (bicyclic) bond motifs is 5. The molecule has 224 valence electrons. The minimum absolute atomic E-state index is 0.0319. The zero-order valence-corrected chi connectivity index (χ0v) is 25.3. The summed E-state index contributed by atoms with van der Waals surface area (Å²) in [6.45, 7) is 9.84. The summed E-state index contributed by atoms with van der Waals surface area (Å²) in [6, 6.07) is 7.98. The maximum absolute atomic E-state index is 14.0. The number of ether oxygens (including phenoxy) is 3. The van der Waals surface area contributed by atoms with E-state index in [0.717, 1.165) is 53.3 Å². The number of carboxylic acids is 1. The minimum atomic E-state index is -1.13. The maximum atomic E-state index is 14.0. The molecule has 0 aliphatic carbocycles. The Kier molecular flexibility index (Phi) is 8.60. The lowest BCUT2D eigenvalue weighted by molar-refractivity contribution is -0.150. The first-order valence-electron chi connectivity index (χ1n) is 14.3. The number of methoxy groups -OCH3 is 2. The van der Waals surface area contributed by atoms with Gasteiger partial charge in [0.1, 0.15) is 23.4 Å². The Labute approximate surface area is 242 Å². The molecule has 2 aromatic rings. The van der Waals surface area contributed by atoms with Gasteiger partial charge in [-0.2, -0.15) is 0 Å². The van der Waals surface area contributed by atoms with Crippen LogP contribution in [0, 0.1) is 10.8 Å². The number of aliphatic carboxylic acids is 1. The molecule has 5 bridgehead atoms. The van der Waals surface area contributed by atoms with Crippen molar-refractivity contribution in [2.45, 2.75) is 84.4 Å². The Hall–Kier alpha value is -3.33. The molecule has 2 amide bonds. The van der Waals surface area contributed by atoms with Gasteiger partial charge < -0.3 is 29.5 Å². The summed E-state index contributed by atoms with van der Waals surface area (Å²) in [5, 5.41) is 15.0. The van der Waals surface area contributed by atoms with Gasteiger partial charge >= 0.3 is 12.1 Å². The molecule has 41 heavy (non-hydrogen) atoms. The third-order valence-electron chi connectivity index (χ3n) is 8.57. The Morgan fingerprint density at radius 2 is 1.83 bits per heavy atom. The largest absolute Gasteiger partial charge is 0.496 e. The number of amides is 2. The second kappa shape index (κ2) is 11.5. The summed E-state index contributed by atoms with van der Waals surface area (Å²) in [5.41, 5.74) is -0.114. The van der Waals surface area contributed by atoms with E-state index in [4.69, 9.17) is 14.2 Å². The summed E-state index contributed by atoms with van der Waals surface area (Å²) in [5.74, 6) is -0.774. The monoisotopic (exact) mass is 568 g/mol. The van der Waals surface area contributed by atoms with Crippen LogP contribution in [0.2, 0.25) is 0 Å². The van der Waals surface area contributed by atoms with Crippen LogP contribution in [0.5, 0.6) is 5.75 Å². The fourth-order valence-corrected chi connectivity index (χ4v) is 6.02. The minimum Gasteiger partial charge on any atom is -0.496 e. The quantitative estimate of drug-likeness (QED) is 0.519. The second-order valence-corrected chi connectivity index (χ2v) is 13.3. The molecule has 2 heterocycles. The third kappa shape index (κ3) is 6.45. The van der Waals surface area contributed by atoms with Crippen molar-refractivity contribution in [3.8, 4) is 5.75 Å². The number of alkyl carbamates (subject to hydrolysis) is 1. The maximum Gasteiger partial charge on any atom is 0.407 e. The van der Waals surface area contributed by atoms with Gasteiger partial charge in [0.15, 0.2) is 0 Å². The van der Waals surface area contributed by atoms with Gasteiger partial charge in [-0.15, -0.1) is 0 Å². The number of rotatable bonds is 3. The standard InChI is InChI=1S/C32H44N2O7/c1-30(2,3)26-27(35)34-18-32(40-7,17-24(34)28(36)37)23-12-11-20-16-25(39-6)21(14-22(20)15-23)10-8-9-13-31(4,5)19-41-29(38)33-26/h11-12,14-16,24,26H,8-10,13,17-19H2,1-7H3,(H,33,38)(H,36,37)/t24-,26+,32-/m0/s1. The lowest BCUT2D eigenvalue weighted by Gasteiger charge is -2.35. The fourth-order valence-electron chi connectivity index (χ4n) is 6.02. The molecule has 0 unspecified atom stereocenters. The SMILES string of the molecule is COc1cc2ccc3cc2cc1CCCCC(C)(C)COC(=O)N[C@@H](C(C)(C)C)C(=O)N1C[C@@]3(OC)C[C@H]1C(=O)O. The predicted octanol–water partition coefficient (Wildman–Crippen LogP) is 5.27. The molecule has 1 saturated heterocycles. The lowest BCUT2D eigenvalue weighted by atomic mass is 9.85. The van der Waals surface area contributed by atoms with Crippen molar-refractivity contribution in [2.24, 2.45) is 10.8 Å². The van der Waals surface area contributed by atoms with Gasteiger partial charge in [-0.3, -0.25) is 4.79 Å². The molecule has 2 aromatic carbocycles. The van der Waals surface area contributed by atoms with Gasteiger partial charge in [0.05, 0.1) is 20.3 Å². The van der Waals surface area contributed by atoms with Gasteiger partial charge in [-0.05, 0) is 70.2 Å². The average molecular weight is 569 g/mol. The highest BCUT2D eigenvalue weighted by atomic mass is 16.5. The number of nitrogens with one attached hydrogen (secondary N) is 1. The smallest absolute Gasteiger partial charge is 0.407 e. The van der Waals surface area contributed by atoms with Gasteiger partial charge in [-0.1, -0.05) is 53.2 Å². The summed E-state index contributed by atoms with van der Waals surface area (Å²) in [7, 11) is 3.22. The van der Waals surface area contributed by atoms with Crippen molar-refractivity contribution in [3.05, 3.63) is 41.5 Å². The van der Waals surface area contributed by atoms with Crippen molar-refractivity contribution >= 4 is 28.7 Å². The molecule has 0 radical (unpaired) electrons. The van der Waals surface area contributed by atoms with E-state index in [-0.39, 0.29) is 25.0 Å². The van der Waals surface area contributed by atoms with E-state index >= 15 is 0 Å². The predicted molar refractivity (Wildman–Crippen MR) is 156 cm³/mol. The second-order valence-electron chi connectivity index (χ2n) is 13.3. The van der Waals surface area contributed by atoms with Crippen molar-refractivity contribution in [1.82, 2.24) is 10.2 Å². The Balaban J connectivity index is 1.83. The topological polar surface area (TPSA) is 114 Å². The molecular formula is C32H44N2O7. The molecule has 1 fully saturated rings. The summed E-state index contributed by atoms with van der Waals surface area (Å²) in [6.07, 6.45) is 2.95. The van der Waals surface area contributed by atoms with Gasteiger partial charge in [0.2, 0.25) is 5.91 Å². The number of nitrogens with zero attached hydrogens (tertiary/aromatic N) is 1. The van der Waals surface area contributed by atoms with Gasteiger partial charge in [0.25, 0.3) is 0 Å². The summed E-state index contributed by atoms with van der Waals surface area (Å²) < 4.78 is 17.4. The van der Waals surface area contributed by atoms with Crippen LogP contribution < -0.4 is 10.1 Å². The van der Waals surface area contributed by atoms with Crippen LogP contribution in [-0.4, -0.2) is 67.4 Å². The lowest BCUT2D eigenvalue weighted by Crippen LogP contribution is -2.57. The number of carbonyl (C=O) groups is 3. The van der Waals surface area contributed by atoms with E-state index < -0.39 is 41.1 Å². The first-order valence-corrected chi connectivity index (χ1v) is 14.3. The molecule has 0 aromatic heterocycles. The van der Waals surface area contributed by atoms with Crippen LogP contribution >= 0.6 is 0 Å². The number of benzene rings is 2. The van der Waals surface area contributed by atoms with Gasteiger partial charge in [-0.25, -0.2) is 9.59 Å². The van der Waals surface area contributed by atoms with E-state index in [9.17, 15) is 19.5 Å². The zero-order valence-electron chi connectivity index (χ0n) is 25.3. The average Bonchev–Trinajstić information content (AvgIpc) is 3.32. The van der Waals surface area contributed by atoms with E-state index in [1.807, 2.05) is 45.0 Å². The van der Waals surface area contributed by atoms with E-state index in [1.54, 1.807) is 14.2 Å². The van der Waals surface area contributed by atoms with Crippen molar-refractivity contribution in [3.63, 3.8) is 0 Å². The molecule has 4 rings (SSSR count). The molecule has 3 atom stereocenters. The Bertz CT molecular complexity index is 1320. The van der Waals surface area contributed by atoms with Crippen molar-refractivity contribution in [2.75, 3.05) is 27.4 Å². The first-order chi connectivity index (χ1) is 19.2. The number of carboxylic acid groups (broad SMARTS) is 1. The highest BCUT2D eigenvalue weighted by Gasteiger charge is 2.52. The highest BCUT2D eigenvalue weighted by Crippen LogP contribution is 2.42. The van der Waals surface area contributed by atoms with E-state index in [0.29, 0.717) is 0 Å². The molecule has 0 saturated carbocycles. The molecular weight excluding hydrogens is 524 g/mol. The molecule has 2 aliphatic rings. The number of aryl methyl sites for hydroxylation is 1. The Morgan fingerprint density at radius 1 is 1.10 bits per heavy atom. The van der Waals surface area contributed by atoms with Gasteiger partial charge in [0, 0.05) is 13.5 Å². The summed E-state index contributed by atoms with van der Waals surface area (Å²) in [4.78, 5) is 40.8. The highest BCUT2D eigenvalue weighted by molar-refractivity contribution is 5.91. The van der Waals surface area contributed by atoms with E-state index in [2.05, 4.69) is 25.2 Å². The number of hydrogen-bond acceptors (Lipinski definition) is 6. The zero-order chi connectivity index (χ0) is 30.2. The van der Waals surface area contributed by atoms with E-state index in [1.165, 1.54) is 4.90 Å². The number of carbonyl (C=O) groups excluding carboxylic acids is 2. The van der Waals surface area contributed by atoms with Crippen LogP contribution in [0.1, 0.15) is 71.4 Å². The van der Waals surface area contributed by atoms with Crippen LogP contribution in [0.25, 0.3) is 10.8 Å². The van der Waals surface area contributed by atoms with Crippen LogP contribution in [0.3, 0.4) is 0 Å². The number of hydrogen-bond donors (Lipinski definition) is 2. The summed E-state index contributed by atoms with van der Waals surface area (Å²) >= 11 is 0. The van der Waals surface area contributed by atoms with Crippen LogP contribution in [-0.2, 0) is 31.1 Å². The normalized spacial score (nSPS) is 25.8. The molecule has 2 aliphatic heterocycles. The van der Waals surface area contributed by atoms with Crippen LogP contribution in [0.15, 0.2) is 30.3 Å². The fraction of sp³-hybridized carbons (Fsp3) is 0.594. The molecule has 0 spiro atoms. The van der Waals surface area contributed by atoms with Crippen molar-refractivity contribution in [1.29, 1.82) is 0 Å². The van der Waals surface area contributed by atoms with Crippen molar-refractivity contribution < 1.29 is 33.7 Å².